The van der Waals surface area contributed by atoms with Crippen LogP contribution in [0, 0.1) is 6.92 Å². The lowest BCUT2D eigenvalue weighted by molar-refractivity contribution is -0.142. The highest BCUT2D eigenvalue weighted by Gasteiger charge is 2.23. The van der Waals surface area contributed by atoms with Crippen molar-refractivity contribution < 1.29 is 14.3 Å². The van der Waals surface area contributed by atoms with Crippen molar-refractivity contribution in [1.82, 2.24) is 10.3 Å². The van der Waals surface area contributed by atoms with Crippen LogP contribution in [0.3, 0.4) is 0 Å². The van der Waals surface area contributed by atoms with Crippen molar-refractivity contribution >= 4 is 11.9 Å². The number of methoxy groups -OCH3 is 1. The normalized spacial score (nSPS) is 11.5. The van der Waals surface area contributed by atoms with Gasteiger partial charge in [0.25, 0.3) is 5.91 Å². The number of rotatable bonds is 5. The Morgan fingerprint density at radius 2 is 1.86 bits per heavy atom. The molecule has 5 nitrogen and oxygen atoms in total. The minimum atomic E-state index is -0.730. The maximum Gasteiger partial charge on any atom is 0.328 e. The predicted octanol–water partition coefficient (Wildman–Crippen LogP) is 1.90. The molecule has 1 N–H and O–H groups in total. The Kier molecular flexibility index (Phi) is 5.25. The molecule has 2 aromatic rings. The summed E-state index contributed by atoms with van der Waals surface area (Å²) in [5.41, 5.74) is 2.51. The number of carbonyl (C=O) groups excluding carboxylic acids is 2. The zero-order chi connectivity index (χ0) is 15.9. The van der Waals surface area contributed by atoms with E-state index in [0.29, 0.717) is 12.0 Å². The number of nitrogens with zero attached hydrogens (tertiary/aromatic N) is 1. The van der Waals surface area contributed by atoms with Gasteiger partial charge in [0.05, 0.1) is 7.11 Å². The van der Waals surface area contributed by atoms with E-state index < -0.39 is 12.0 Å². The van der Waals surface area contributed by atoms with E-state index in [1.165, 1.54) is 19.5 Å². The highest BCUT2D eigenvalue weighted by atomic mass is 16.5. The summed E-state index contributed by atoms with van der Waals surface area (Å²) in [6, 6.07) is 10.2. The van der Waals surface area contributed by atoms with Gasteiger partial charge in [0.1, 0.15) is 6.04 Å². The molecule has 5 heteroatoms. The van der Waals surface area contributed by atoms with Crippen LogP contribution in [0.25, 0.3) is 0 Å². The quantitative estimate of drug-likeness (QED) is 0.856. The lowest BCUT2D eigenvalue weighted by atomic mass is 10.0. The van der Waals surface area contributed by atoms with E-state index in [9.17, 15) is 9.59 Å². The minimum absolute atomic E-state index is 0.327. The van der Waals surface area contributed by atoms with Gasteiger partial charge in [-0.15, -0.1) is 0 Å². The van der Waals surface area contributed by atoms with Gasteiger partial charge in [0, 0.05) is 24.4 Å². The summed E-state index contributed by atoms with van der Waals surface area (Å²) in [6.07, 6.45) is 3.45. The molecule has 0 aliphatic rings. The first-order valence-corrected chi connectivity index (χ1v) is 6.95. The predicted molar refractivity (Wildman–Crippen MR) is 82.4 cm³/mol. The molecule has 0 unspecified atom stereocenters. The van der Waals surface area contributed by atoms with Gasteiger partial charge in [0.2, 0.25) is 0 Å². The molecular weight excluding hydrogens is 280 g/mol. The monoisotopic (exact) mass is 298 g/mol. The molecule has 1 heterocycles. The van der Waals surface area contributed by atoms with Crippen LogP contribution < -0.4 is 5.32 Å². The van der Waals surface area contributed by atoms with E-state index in [1.54, 1.807) is 12.1 Å². The number of carbonyl (C=O) groups is 2. The molecule has 0 aliphatic carbocycles. The highest BCUT2D eigenvalue weighted by Crippen LogP contribution is 2.11. The molecule has 0 saturated carbocycles. The van der Waals surface area contributed by atoms with Crippen LogP contribution in [0.4, 0.5) is 0 Å². The second-order valence-corrected chi connectivity index (χ2v) is 4.92. The lowest BCUT2D eigenvalue weighted by Gasteiger charge is -2.17. The van der Waals surface area contributed by atoms with Crippen LogP contribution in [0.1, 0.15) is 21.5 Å². The Hall–Kier alpha value is -2.69. The van der Waals surface area contributed by atoms with Crippen molar-refractivity contribution in [3.8, 4) is 0 Å². The molecule has 22 heavy (non-hydrogen) atoms. The van der Waals surface area contributed by atoms with Crippen LogP contribution in [0.15, 0.2) is 48.8 Å². The average molecular weight is 298 g/mol. The van der Waals surface area contributed by atoms with Gasteiger partial charge >= 0.3 is 5.97 Å². The van der Waals surface area contributed by atoms with Crippen molar-refractivity contribution in [3.63, 3.8) is 0 Å². The fraction of sp³-hybridized carbons (Fsp3) is 0.235. The number of ether oxygens (including phenoxy) is 1. The third-order valence-corrected chi connectivity index (χ3v) is 3.42. The Morgan fingerprint density at radius 3 is 2.50 bits per heavy atom. The van der Waals surface area contributed by atoms with Gasteiger partial charge in [-0.25, -0.2) is 4.79 Å². The Bertz CT molecular complexity index is 656. The van der Waals surface area contributed by atoms with Crippen LogP contribution >= 0.6 is 0 Å². The van der Waals surface area contributed by atoms with Crippen LogP contribution in [-0.2, 0) is 16.0 Å². The van der Waals surface area contributed by atoms with Gasteiger partial charge in [-0.2, -0.15) is 0 Å². The second-order valence-electron chi connectivity index (χ2n) is 4.92. The number of nitrogens with one attached hydrogen (secondary N) is 1. The number of benzene rings is 1. The first kappa shape index (κ1) is 15.7. The smallest absolute Gasteiger partial charge is 0.328 e. The topological polar surface area (TPSA) is 68.3 Å². The van der Waals surface area contributed by atoms with E-state index in [-0.39, 0.29) is 5.91 Å². The summed E-state index contributed by atoms with van der Waals surface area (Å²) in [5.74, 6) is -0.794. The number of aryl methyl sites for hydroxylation is 1. The minimum Gasteiger partial charge on any atom is -0.467 e. The summed E-state index contributed by atoms with van der Waals surface area (Å²) in [6.45, 7) is 1.97. The third-order valence-electron chi connectivity index (χ3n) is 3.42. The summed E-state index contributed by atoms with van der Waals surface area (Å²) in [5, 5.41) is 2.72. The summed E-state index contributed by atoms with van der Waals surface area (Å²) in [4.78, 5) is 28.0. The van der Waals surface area contributed by atoms with Gasteiger partial charge in [-0.05, 0) is 30.2 Å². The van der Waals surface area contributed by atoms with Gasteiger partial charge < -0.3 is 10.1 Å². The molecule has 0 spiro atoms. The lowest BCUT2D eigenvalue weighted by Crippen LogP contribution is -2.43. The number of amides is 1. The zero-order valence-corrected chi connectivity index (χ0v) is 12.6. The number of hydrogen-bond donors (Lipinski definition) is 1. The first-order valence-electron chi connectivity index (χ1n) is 6.95. The molecule has 114 valence electrons. The molecule has 1 aromatic carbocycles. The number of aromatic nitrogens is 1. The van der Waals surface area contributed by atoms with E-state index in [1.807, 2.05) is 31.2 Å². The fourth-order valence-corrected chi connectivity index (χ4v) is 2.14. The number of pyridine rings is 1. The summed E-state index contributed by atoms with van der Waals surface area (Å²) in [7, 11) is 1.31. The molecule has 0 bridgehead atoms. The zero-order valence-electron chi connectivity index (χ0n) is 12.6. The molecule has 1 aromatic heterocycles. The van der Waals surface area contributed by atoms with Gasteiger partial charge in [0.15, 0.2) is 0 Å². The maximum atomic E-state index is 12.2. The molecule has 0 aliphatic heterocycles. The Labute approximate surface area is 129 Å². The molecule has 1 amide bonds. The van der Waals surface area contributed by atoms with Crippen LogP contribution in [0.2, 0.25) is 0 Å². The Morgan fingerprint density at radius 1 is 1.18 bits per heavy atom. The van der Waals surface area contributed by atoms with Crippen molar-refractivity contribution in [2.24, 2.45) is 0 Å². The van der Waals surface area contributed by atoms with Crippen molar-refractivity contribution in [1.29, 1.82) is 0 Å². The first-order chi connectivity index (χ1) is 10.6. The fourth-order valence-electron chi connectivity index (χ4n) is 2.14. The van der Waals surface area contributed by atoms with Crippen LogP contribution in [0.5, 0.6) is 0 Å². The largest absolute Gasteiger partial charge is 0.467 e. The highest BCUT2D eigenvalue weighted by molar-refractivity contribution is 5.96. The molecule has 2 rings (SSSR count). The van der Waals surface area contributed by atoms with Crippen molar-refractivity contribution in [2.75, 3.05) is 7.11 Å². The second kappa shape index (κ2) is 7.36. The molecule has 0 saturated heterocycles. The van der Waals surface area contributed by atoms with E-state index in [2.05, 4.69) is 10.3 Å². The van der Waals surface area contributed by atoms with Crippen molar-refractivity contribution in [3.05, 3.63) is 65.5 Å². The number of hydrogen-bond acceptors (Lipinski definition) is 4. The summed E-state index contributed by atoms with van der Waals surface area (Å²) >= 11 is 0. The number of esters is 1. The van der Waals surface area contributed by atoms with E-state index in [0.717, 1.165) is 11.1 Å². The maximum absolute atomic E-state index is 12.2. The summed E-state index contributed by atoms with van der Waals surface area (Å²) < 4.78 is 4.80. The Balaban J connectivity index is 2.15. The molecule has 0 radical (unpaired) electrons. The standard InChI is InChI=1S/C17H18N2O3/c1-12-5-3-4-6-14(12)11-15(17(21)22-2)19-16(20)13-7-9-18-10-8-13/h3-10,15H,11H2,1-2H3,(H,19,20)/t15-/m0/s1. The molecule has 1 atom stereocenters. The van der Waals surface area contributed by atoms with E-state index >= 15 is 0 Å². The van der Waals surface area contributed by atoms with Crippen LogP contribution in [-0.4, -0.2) is 30.0 Å². The molecule has 0 fully saturated rings. The van der Waals surface area contributed by atoms with E-state index in [4.69, 9.17) is 4.74 Å². The average Bonchev–Trinajstić information content (AvgIpc) is 2.56. The molecular formula is C17H18N2O3. The van der Waals surface area contributed by atoms with Gasteiger partial charge in [-0.1, -0.05) is 24.3 Å². The SMILES string of the molecule is COC(=O)[C@H](Cc1ccccc1C)NC(=O)c1ccncc1. The van der Waals surface area contributed by atoms with Crippen molar-refractivity contribution in [2.45, 2.75) is 19.4 Å². The third kappa shape index (κ3) is 3.91. The van der Waals surface area contributed by atoms with Gasteiger partial charge in [-0.3, -0.25) is 9.78 Å².